The average molecular weight is 579 g/mol. The van der Waals surface area contributed by atoms with Crippen LogP contribution in [0.1, 0.15) is 23.2 Å². The van der Waals surface area contributed by atoms with Gasteiger partial charge in [0.05, 0.1) is 24.1 Å². The fourth-order valence-corrected chi connectivity index (χ4v) is 6.06. The van der Waals surface area contributed by atoms with Crippen LogP contribution in [0.15, 0.2) is 72.9 Å². The summed E-state index contributed by atoms with van der Waals surface area (Å²) >= 11 is 0. The molecule has 0 spiro atoms. The highest BCUT2D eigenvalue weighted by Gasteiger charge is 2.27. The minimum absolute atomic E-state index is 0.0610. The maximum atomic E-state index is 11.5. The number of piperidine rings is 1. The van der Waals surface area contributed by atoms with E-state index in [0.29, 0.717) is 24.0 Å². The van der Waals surface area contributed by atoms with Gasteiger partial charge in [-0.1, -0.05) is 36.4 Å². The van der Waals surface area contributed by atoms with Crippen LogP contribution >= 0.6 is 0 Å². The largest absolute Gasteiger partial charge is 0.507 e. The lowest BCUT2D eigenvalue weighted by atomic mass is 9.99. The number of benzene rings is 3. The van der Waals surface area contributed by atoms with Gasteiger partial charge < -0.3 is 25.0 Å². The summed E-state index contributed by atoms with van der Waals surface area (Å²) in [5.41, 5.74) is 5.25. The molecule has 2 fully saturated rings. The van der Waals surface area contributed by atoms with Crippen LogP contribution < -0.4 is 15.0 Å². The minimum Gasteiger partial charge on any atom is -0.507 e. The van der Waals surface area contributed by atoms with Crippen LogP contribution in [0.5, 0.6) is 11.5 Å². The quantitative estimate of drug-likeness (QED) is 0.270. The Labute approximate surface area is 252 Å². The number of nitrogens with one attached hydrogen (secondary N) is 1. The molecule has 0 unspecified atom stereocenters. The number of carbonyl (C=O) groups is 1. The van der Waals surface area contributed by atoms with Crippen molar-refractivity contribution in [2.24, 2.45) is 0 Å². The first kappa shape index (κ1) is 28.6. The van der Waals surface area contributed by atoms with E-state index >= 15 is 0 Å². The van der Waals surface area contributed by atoms with Gasteiger partial charge in [-0.3, -0.25) is 9.69 Å². The highest BCUT2D eigenvalue weighted by Crippen LogP contribution is 2.36. The summed E-state index contributed by atoms with van der Waals surface area (Å²) in [7, 11) is 3.89. The molecule has 0 bridgehead atoms. The molecule has 9 heteroatoms. The molecule has 222 valence electrons. The lowest BCUT2D eigenvalue weighted by Gasteiger charge is -2.42. The number of aromatic nitrogens is 2. The minimum atomic E-state index is -0.0610. The van der Waals surface area contributed by atoms with Crippen molar-refractivity contribution in [2.75, 3.05) is 63.6 Å². The van der Waals surface area contributed by atoms with Crippen LogP contribution in [-0.4, -0.2) is 90.6 Å². The number of aldehydes is 1. The van der Waals surface area contributed by atoms with Crippen LogP contribution in [-0.2, 0) is 0 Å². The van der Waals surface area contributed by atoms with Crippen LogP contribution in [0.2, 0.25) is 0 Å². The van der Waals surface area contributed by atoms with Gasteiger partial charge in [0, 0.05) is 74.4 Å². The Morgan fingerprint density at radius 3 is 2.42 bits per heavy atom. The number of phenolic OH excluding ortho intramolecular Hbond substituents is 1. The zero-order valence-electron chi connectivity index (χ0n) is 24.7. The predicted octanol–water partition coefficient (Wildman–Crippen LogP) is 5.30. The third kappa shape index (κ3) is 6.33. The first-order chi connectivity index (χ1) is 21.0. The number of ether oxygens (including phenoxy) is 1. The molecule has 2 aliphatic heterocycles. The second kappa shape index (κ2) is 12.8. The van der Waals surface area contributed by atoms with Crippen LogP contribution in [0, 0.1) is 0 Å². The van der Waals surface area contributed by atoms with Gasteiger partial charge in [-0.25, -0.2) is 9.97 Å². The lowest BCUT2D eigenvalue weighted by Crippen LogP contribution is -2.52. The van der Waals surface area contributed by atoms with Crippen LogP contribution in [0.4, 0.5) is 17.3 Å². The number of carbonyl (C=O) groups excluding carboxylic acids is 1. The molecule has 6 rings (SSSR count). The van der Waals surface area contributed by atoms with E-state index in [9.17, 15) is 9.90 Å². The van der Waals surface area contributed by atoms with Gasteiger partial charge >= 0.3 is 0 Å². The molecule has 2 aliphatic rings. The van der Waals surface area contributed by atoms with Crippen molar-refractivity contribution >= 4 is 23.6 Å². The number of methoxy groups -OCH3 is 1. The molecule has 0 aliphatic carbocycles. The Bertz CT molecular complexity index is 1560. The molecule has 0 saturated carbocycles. The summed E-state index contributed by atoms with van der Waals surface area (Å²) in [5.74, 6) is 1.09. The Morgan fingerprint density at radius 2 is 1.70 bits per heavy atom. The van der Waals surface area contributed by atoms with Crippen molar-refractivity contribution in [3.8, 4) is 33.9 Å². The second-order valence-electron chi connectivity index (χ2n) is 11.3. The summed E-state index contributed by atoms with van der Waals surface area (Å²) in [5, 5.41) is 13.4. The van der Waals surface area contributed by atoms with Crippen molar-refractivity contribution in [3.63, 3.8) is 0 Å². The molecule has 9 nitrogen and oxygen atoms in total. The third-order valence-electron chi connectivity index (χ3n) is 8.62. The topological polar surface area (TPSA) is 94.1 Å². The fraction of sp³-hybridized carbons (Fsp3) is 0.324. The number of aromatic hydroxyl groups is 1. The van der Waals surface area contributed by atoms with Crippen molar-refractivity contribution < 1.29 is 14.6 Å². The second-order valence-corrected chi connectivity index (χ2v) is 11.3. The van der Waals surface area contributed by atoms with Gasteiger partial charge in [-0.05, 0) is 49.7 Å². The molecule has 2 N–H and O–H groups in total. The molecule has 0 radical (unpaired) electrons. The monoisotopic (exact) mass is 578 g/mol. The Kier molecular flexibility index (Phi) is 8.53. The van der Waals surface area contributed by atoms with E-state index in [4.69, 9.17) is 9.72 Å². The highest BCUT2D eigenvalue weighted by molar-refractivity contribution is 5.87. The van der Waals surface area contributed by atoms with Crippen molar-refractivity contribution in [3.05, 3.63) is 78.5 Å². The molecule has 0 atom stereocenters. The number of nitrogens with zero attached hydrogens (tertiary/aromatic N) is 5. The van der Waals surface area contributed by atoms with E-state index < -0.39 is 0 Å². The Morgan fingerprint density at radius 1 is 0.930 bits per heavy atom. The lowest BCUT2D eigenvalue weighted by molar-refractivity contribution is 0.0982. The molecule has 43 heavy (non-hydrogen) atoms. The van der Waals surface area contributed by atoms with Crippen molar-refractivity contribution in [1.82, 2.24) is 19.8 Å². The number of phenols is 1. The number of piperazine rings is 1. The third-order valence-corrected chi connectivity index (χ3v) is 8.62. The van der Waals surface area contributed by atoms with Crippen LogP contribution in [0.3, 0.4) is 0 Å². The predicted molar refractivity (Wildman–Crippen MR) is 171 cm³/mol. The average Bonchev–Trinajstić information content (AvgIpc) is 3.06. The van der Waals surface area contributed by atoms with Gasteiger partial charge in [0.25, 0.3) is 0 Å². The van der Waals surface area contributed by atoms with E-state index in [-0.39, 0.29) is 11.3 Å². The molecular weight excluding hydrogens is 540 g/mol. The van der Waals surface area contributed by atoms with Crippen molar-refractivity contribution in [1.29, 1.82) is 0 Å². The standard InChI is InChI=1S/C34H38N6O3/c1-38-16-18-40(19-17-38)27-12-14-39(15-13-27)28-9-10-30(32(21-28)43-2)36-34-35-22-29(25-8-11-31(42)26(20-25)23-41)33(37-34)24-6-4-3-5-7-24/h3-11,20-23,27,42H,12-19H2,1-2H3,(H,35,36,37). The van der Waals surface area contributed by atoms with Crippen molar-refractivity contribution in [2.45, 2.75) is 18.9 Å². The Balaban J connectivity index is 1.22. The number of hydrogen-bond donors (Lipinski definition) is 2. The summed E-state index contributed by atoms with van der Waals surface area (Å²) < 4.78 is 5.81. The van der Waals surface area contributed by atoms with Gasteiger partial charge in [-0.2, -0.15) is 0 Å². The number of rotatable bonds is 8. The van der Waals surface area contributed by atoms with E-state index in [1.165, 1.54) is 32.0 Å². The molecule has 1 aromatic heterocycles. The zero-order valence-corrected chi connectivity index (χ0v) is 24.7. The molecule has 3 aromatic carbocycles. The highest BCUT2D eigenvalue weighted by atomic mass is 16.5. The summed E-state index contributed by atoms with van der Waals surface area (Å²) in [6, 6.07) is 21.7. The fourth-order valence-electron chi connectivity index (χ4n) is 6.06. The summed E-state index contributed by atoms with van der Waals surface area (Å²) in [6.45, 7) is 6.70. The van der Waals surface area contributed by atoms with Gasteiger partial charge in [-0.15, -0.1) is 0 Å². The molecule has 2 saturated heterocycles. The molecule has 0 amide bonds. The van der Waals surface area contributed by atoms with E-state index in [1.54, 1.807) is 25.4 Å². The maximum absolute atomic E-state index is 11.5. The number of anilines is 3. The summed E-state index contributed by atoms with van der Waals surface area (Å²) in [4.78, 5) is 28.5. The summed E-state index contributed by atoms with van der Waals surface area (Å²) in [6.07, 6.45) is 4.72. The first-order valence-electron chi connectivity index (χ1n) is 14.9. The van der Waals surface area contributed by atoms with E-state index in [0.717, 1.165) is 60.0 Å². The molecular formula is C34H38N6O3. The SMILES string of the molecule is COc1cc(N2CCC(N3CCN(C)CC3)CC2)ccc1Nc1ncc(-c2ccc(O)c(C=O)c2)c(-c2ccccc2)n1. The normalized spacial score (nSPS) is 16.7. The maximum Gasteiger partial charge on any atom is 0.227 e. The Hall–Kier alpha value is -4.47. The number of hydrogen-bond acceptors (Lipinski definition) is 9. The van der Waals surface area contributed by atoms with Gasteiger partial charge in [0.15, 0.2) is 6.29 Å². The molecule has 4 aromatic rings. The number of likely N-dealkylation sites (N-methyl/N-ethyl adjacent to an activating group) is 1. The van der Waals surface area contributed by atoms with E-state index in [2.05, 4.69) is 44.2 Å². The smallest absolute Gasteiger partial charge is 0.227 e. The first-order valence-corrected chi connectivity index (χ1v) is 14.9. The van der Waals surface area contributed by atoms with E-state index in [1.807, 2.05) is 36.4 Å². The zero-order chi connectivity index (χ0) is 29.8. The van der Waals surface area contributed by atoms with Gasteiger partial charge in [0.1, 0.15) is 11.5 Å². The molecule has 3 heterocycles. The van der Waals surface area contributed by atoms with Gasteiger partial charge in [0.2, 0.25) is 5.95 Å². The van der Waals surface area contributed by atoms with Crippen LogP contribution in [0.25, 0.3) is 22.4 Å².